The van der Waals surface area contributed by atoms with Gasteiger partial charge in [-0.2, -0.15) is 0 Å². The third-order valence-corrected chi connectivity index (χ3v) is 2.54. The van der Waals surface area contributed by atoms with Crippen molar-refractivity contribution in [2.45, 2.75) is 18.8 Å². The number of halogens is 3. The fourth-order valence-corrected chi connectivity index (χ4v) is 1.81. The highest BCUT2D eigenvalue weighted by Gasteiger charge is 2.15. The van der Waals surface area contributed by atoms with Crippen molar-refractivity contribution < 1.29 is 4.39 Å². The highest BCUT2D eigenvalue weighted by Crippen LogP contribution is 2.24. The number of hydrogen-bond donors (Lipinski definition) is 1. The van der Waals surface area contributed by atoms with Crippen LogP contribution in [-0.2, 0) is 0 Å². The molecule has 5 heteroatoms. The largest absolute Gasteiger partial charge is 0.317 e. The van der Waals surface area contributed by atoms with Gasteiger partial charge >= 0.3 is 0 Å². The van der Waals surface area contributed by atoms with Gasteiger partial charge < -0.3 is 5.32 Å². The standard InChI is InChI=1S/C10H13FN2.2ClH/c11-10-5-9(6-13-7-10)8-1-3-12-4-2-8;;/h5-8,12H,1-4H2;2*1H. The number of rotatable bonds is 1. The molecule has 1 aliphatic heterocycles. The minimum atomic E-state index is -0.226. The van der Waals surface area contributed by atoms with Gasteiger partial charge in [-0.05, 0) is 43.5 Å². The smallest absolute Gasteiger partial charge is 0.141 e. The molecule has 1 aliphatic rings. The fraction of sp³-hybridized carbons (Fsp3) is 0.500. The van der Waals surface area contributed by atoms with Crippen LogP contribution in [0.3, 0.4) is 0 Å². The lowest BCUT2D eigenvalue weighted by molar-refractivity contribution is 0.457. The van der Waals surface area contributed by atoms with E-state index in [1.54, 1.807) is 12.3 Å². The first kappa shape index (κ1) is 14.6. The maximum atomic E-state index is 12.8. The molecule has 2 heterocycles. The number of hydrogen-bond acceptors (Lipinski definition) is 2. The van der Waals surface area contributed by atoms with Crippen LogP contribution in [0.1, 0.15) is 24.3 Å². The minimum absolute atomic E-state index is 0. The maximum absolute atomic E-state index is 12.8. The highest BCUT2D eigenvalue weighted by molar-refractivity contribution is 5.85. The van der Waals surface area contributed by atoms with E-state index in [0.29, 0.717) is 5.92 Å². The molecule has 0 amide bonds. The zero-order chi connectivity index (χ0) is 9.10. The lowest BCUT2D eigenvalue weighted by Gasteiger charge is -2.22. The molecule has 0 bridgehead atoms. The van der Waals surface area contributed by atoms with E-state index in [0.717, 1.165) is 31.5 Å². The molecule has 0 aliphatic carbocycles. The van der Waals surface area contributed by atoms with Gasteiger partial charge in [0.15, 0.2) is 0 Å². The van der Waals surface area contributed by atoms with Crippen molar-refractivity contribution in [3.8, 4) is 0 Å². The topological polar surface area (TPSA) is 24.9 Å². The zero-order valence-corrected chi connectivity index (χ0v) is 9.91. The summed E-state index contributed by atoms with van der Waals surface area (Å²) < 4.78 is 12.8. The van der Waals surface area contributed by atoms with E-state index in [1.807, 2.05) is 0 Å². The number of nitrogens with zero attached hydrogens (tertiary/aromatic N) is 1. The quantitative estimate of drug-likeness (QED) is 0.831. The van der Waals surface area contributed by atoms with Crippen molar-refractivity contribution in [3.63, 3.8) is 0 Å². The van der Waals surface area contributed by atoms with Crippen LogP contribution in [0.15, 0.2) is 18.5 Å². The van der Waals surface area contributed by atoms with Crippen molar-refractivity contribution in [1.29, 1.82) is 0 Å². The molecule has 0 spiro atoms. The molecule has 1 N–H and O–H groups in total. The molecule has 2 rings (SSSR count). The molecule has 1 aromatic heterocycles. The van der Waals surface area contributed by atoms with Crippen molar-refractivity contribution in [2.75, 3.05) is 13.1 Å². The summed E-state index contributed by atoms with van der Waals surface area (Å²) in [5.41, 5.74) is 1.04. The van der Waals surface area contributed by atoms with Crippen molar-refractivity contribution in [2.24, 2.45) is 0 Å². The van der Waals surface area contributed by atoms with Crippen molar-refractivity contribution in [3.05, 3.63) is 29.8 Å². The summed E-state index contributed by atoms with van der Waals surface area (Å²) in [5.74, 6) is 0.264. The van der Waals surface area contributed by atoms with Gasteiger partial charge in [0.2, 0.25) is 0 Å². The predicted octanol–water partition coefficient (Wildman–Crippen LogP) is 2.53. The van der Waals surface area contributed by atoms with Crippen LogP contribution in [0, 0.1) is 5.82 Å². The summed E-state index contributed by atoms with van der Waals surface area (Å²) in [6.45, 7) is 2.06. The Kier molecular flexibility index (Phi) is 6.81. The third-order valence-electron chi connectivity index (χ3n) is 2.54. The van der Waals surface area contributed by atoms with E-state index in [2.05, 4.69) is 10.3 Å². The first-order valence-corrected chi connectivity index (χ1v) is 4.67. The van der Waals surface area contributed by atoms with Gasteiger partial charge in [-0.15, -0.1) is 24.8 Å². The summed E-state index contributed by atoms with van der Waals surface area (Å²) in [5, 5.41) is 3.28. The predicted molar refractivity (Wildman–Crippen MR) is 63.5 cm³/mol. The molecule has 0 unspecified atom stereocenters. The Bertz CT molecular complexity index is 291. The molecule has 0 saturated carbocycles. The van der Waals surface area contributed by atoms with Gasteiger partial charge in [-0.3, -0.25) is 4.98 Å². The first-order chi connectivity index (χ1) is 6.36. The second kappa shape index (κ2) is 6.99. The van der Waals surface area contributed by atoms with Gasteiger partial charge in [-0.1, -0.05) is 0 Å². The van der Waals surface area contributed by atoms with Gasteiger partial charge in [0, 0.05) is 6.20 Å². The molecule has 0 radical (unpaired) electrons. The second-order valence-electron chi connectivity index (χ2n) is 3.46. The Balaban J connectivity index is 0.000000980. The SMILES string of the molecule is Cl.Cl.Fc1cncc(C2CCNCC2)c1. The Morgan fingerprint density at radius 1 is 1.20 bits per heavy atom. The van der Waals surface area contributed by atoms with Crippen molar-refractivity contribution >= 4 is 24.8 Å². The molecular formula is C10H15Cl2FN2. The number of nitrogens with one attached hydrogen (secondary N) is 1. The van der Waals surface area contributed by atoms with Crippen LogP contribution in [0.4, 0.5) is 4.39 Å². The average molecular weight is 253 g/mol. The normalized spacial score (nSPS) is 16.3. The molecule has 0 aromatic carbocycles. The van der Waals surface area contributed by atoms with E-state index >= 15 is 0 Å². The van der Waals surface area contributed by atoms with Crippen LogP contribution in [0.2, 0.25) is 0 Å². The third kappa shape index (κ3) is 3.93. The molecule has 1 saturated heterocycles. The lowest BCUT2D eigenvalue weighted by Crippen LogP contribution is -2.26. The van der Waals surface area contributed by atoms with Gasteiger partial charge in [-0.25, -0.2) is 4.39 Å². The summed E-state index contributed by atoms with van der Waals surface area (Å²) in [6, 6.07) is 1.60. The van der Waals surface area contributed by atoms with Gasteiger partial charge in [0.1, 0.15) is 5.82 Å². The van der Waals surface area contributed by atoms with Crippen LogP contribution in [-0.4, -0.2) is 18.1 Å². The first-order valence-electron chi connectivity index (χ1n) is 4.67. The Morgan fingerprint density at radius 2 is 1.87 bits per heavy atom. The maximum Gasteiger partial charge on any atom is 0.141 e. The van der Waals surface area contributed by atoms with Crippen LogP contribution < -0.4 is 5.32 Å². The molecule has 2 nitrogen and oxygen atoms in total. The summed E-state index contributed by atoms with van der Waals surface area (Å²) in [4.78, 5) is 3.86. The summed E-state index contributed by atoms with van der Waals surface area (Å²) >= 11 is 0. The number of piperidine rings is 1. The van der Waals surface area contributed by atoms with E-state index < -0.39 is 0 Å². The molecule has 1 fully saturated rings. The van der Waals surface area contributed by atoms with Gasteiger partial charge in [0.25, 0.3) is 0 Å². The molecule has 1 aromatic rings. The summed E-state index contributed by atoms with van der Waals surface area (Å²) in [7, 11) is 0. The Labute approximate surface area is 101 Å². The van der Waals surface area contributed by atoms with Gasteiger partial charge in [0.05, 0.1) is 6.20 Å². The molecule has 0 atom stereocenters. The van der Waals surface area contributed by atoms with Crippen LogP contribution in [0.25, 0.3) is 0 Å². The zero-order valence-electron chi connectivity index (χ0n) is 8.28. The molecule has 15 heavy (non-hydrogen) atoms. The van der Waals surface area contributed by atoms with Crippen LogP contribution >= 0.6 is 24.8 Å². The van der Waals surface area contributed by atoms with E-state index in [9.17, 15) is 4.39 Å². The Morgan fingerprint density at radius 3 is 2.47 bits per heavy atom. The minimum Gasteiger partial charge on any atom is -0.317 e. The monoisotopic (exact) mass is 252 g/mol. The lowest BCUT2D eigenvalue weighted by atomic mass is 9.91. The van der Waals surface area contributed by atoms with E-state index in [-0.39, 0.29) is 30.6 Å². The number of pyridine rings is 1. The van der Waals surface area contributed by atoms with Crippen molar-refractivity contribution in [1.82, 2.24) is 10.3 Å². The molecular weight excluding hydrogens is 238 g/mol. The Hall–Kier alpha value is -0.380. The summed E-state index contributed by atoms with van der Waals surface area (Å²) in [6.07, 6.45) is 5.21. The highest BCUT2D eigenvalue weighted by atomic mass is 35.5. The molecule has 86 valence electrons. The number of aromatic nitrogens is 1. The van der Waals surface area contributed by atoms with E-state index in [4.69, 9.17) is 0 Å². The fourth-order valence-electron chi connectivity index (χ4n) is 1.81. The second-order valence-corrected chi connectivity index (χ2v) is 3.46. The van der Waals surface area contributed by atoms with Crippen LogP contribution in [0.5, 0.6) is 0 Å². The van der Waals surface area contributed by atoms with E-state index in [1.165, 1.54) is 6.20 Å². The average Bonchev–Trinajstić information content (AvgIpc) is 2.19.